The Bertz CT molecular complexity index is 740. The van der Waals surface area contributed by atoms with Gasteiger partial charge >= 0.3 is 0 Å². The molecule has 0 spiro atoms. The molecule has 25 heavy (non-hydrogen) atoms. The van der Waals surface area contributed by atoms with Crippen LogP contribution in [-0.2, 0) is 11.3 Å². The van der Waals surface area contributed by atoms with Crippen LogP contribution < -0.4 is 10.6 Å². The van der Waals surface area contributed by atoms with Crippen LogP contribution in [0.1, 0.15) is 45.4 Å². The summed E-state index contributed by atoms with van der Waals surface area (Å²) in [5.74, 6) is -0.0514. The Kier molecular flexibility index (Phi) is 7.79. The molecule has 0 aliphatic rings. The SMILES string of the molecule is CNC(C)=O.Cc1nc(C)c(C(=O)NCc2ccccc2)c(C)c1C. The van der Waals surface area contributed by atoms with Crippen LogP contribution in [0.3, 0.4) is 0 Å². The zero-order valence-corrected chi connectivity index (χ0v) is 15.9. The third-order valence-electron chi connectivity index (χ3n) is 4.05. The van der Waals surface area contributed by atoms with Crippen molar-refractivity contribution >= 4 is 11.8 Å². The topological polar surface area (TPSA) is 71.1 Å². The first-order valence-electron chi connectivity index (χ1n) is 8.22. The Morgan fingerprint density at radius 3 is 2.04 bits per heavy atom. The van der Waals surface area contributed by atoms with E-state index in [1.165, 1.54) is 6.92 Å². The Hall–Kier alpha value is -2.69. The number of carbonyl (C=O) groups is 2. The molecule has 0 saturated heterocycles. The minimum Gasteiger partial charge on any atom is -0.359 e. The molecule has 5 nitrogen and oxygen atoms in total. The van der Waals surface area contributed by atoms with E-state index in [1.54, 1.807) is 7.05 Å². The molecule has 134 valence electrons. The van der Waals surface area contributed by atoms with Crippen LogP contribution in [0.15, 0.2) is 30.3 Å². The largest absolute Gasteiger partial charge is 0.359 e. The first-order chi connectivity index (χ1) is 11.8. The highest BCUT2D eigenvalue weighted by Gasteiger charge is 2.16. The minimum absolute atomic E-state index is 0.00463. The van der Waals surface area contributed by atoms with Gasteiger partial charge in [-0.2, -0.15) is 0 Å². The molecule has 2 rings (SSSR count). The number of rotatable bonds is 3. The Morgan fingerprint density at radius 2 is 1.52 bits per heavy atom. The molecule has 0 unspecified atom stereocenters. The van der Waals surface area contributed by atoms with Gasteiger partial charge in [0.2, 0.25) is 5.91 Å². The summed E-state index contributed by atoms with van der Waals surface area (Å²) < 4.78 is 0. The van der Waals surface area contributed by atoms with Crippen molar-refractivity contribution < 1.29 is 9.59 Å². The summed E-state index contributed by atoms with van der Waals surface area (Å²) in [5.41, 5.74) is 5.66. The summed E-state index contributed by atoms with van der Waals surface area (Å²) in [6.07, 6.45) is 0. The van der Waals surface area contributed by atoms with Crippen LogP contribution in [0.4, 0.5) is 0 Å². The third-order valence-corrected chi connectivity index (χ3v) is 4.05. The molecular weight excluding hydrogens is 314 g/mol. The molecule has 0 aliphatic heterocycles. The Balaban J connectivity index is 0.000000550. The van der Waals surface area contributed by atoms with E-state index in [4.69, 9.17) is 0 Å². The molecule has 5 heteroatoms. The van der Waals surface area contributed by atoms with Gasteiger partial charge in [-0.1, -0.05) is 30.3 Å². The first kappa shape index (κ1) is 20.4. The summed E-state index contributed by atoms with van der Waals surface area (Å²) in [7, 11) is 1.60. The van der Waals surface area contributed by atoms with Gasteiger partial charge in [-0.3, -0.25) is 14.6 Å². The van der Waals surface area contributed by atoms with Gasteiger partial charge in [0.05, 0.1) is 11.3 Å². The van der Waals surface area contributed by atoms with E-state index >= 15 is 0 Å². The van der Waals surface area contributed by atoms with E-state index in [9.17, 15) is 9.59 Å². The lowest BCUT2D eigenvalue weighted by atomic mass is 10.0. The molecule has 2 N–H and O–H groups in total. The number of nitrogens with zero attached hydrogens (tertiary/aromatic N) is 1. The molecular formula is C20H27N3O2. The number of aromatic nitrogens is 1. The summed E-state index contributed by atoms with van der Waals surface area (Å²) in [4.78, 5) is 26.5. The highest BCUT2D eigenvalue weighted by molar-refractivity contribution is 5.97. The second-order valence-corrected chi connectivity index (χ2v) is 5.88. The normalized spacial score (nSPS) is 9.68. The molecule has 0 saturated carbocycles. The van der Waals surface area contributed by atoms with Crippen LogP contribution in [-0.4, -0.2) is 23.8 Å². The standard InChI is InChI=1S/C17H20N2O.C3H7NO/c1-11-12(2)16(14(4)19-13(11)3)17(20)18-10-15-8-6-5-7-9-15;1-3(5)4-2/h5-9H,10H2,1-4H3,(H,18,20);1-2H3,(H,4,5). The summed E-state index contributed by atoms with van der Waals surface area (Å²) in [6, 6.07) is 9.90. The molecule has 2 amide bonds. The second-order valence-electron chi connectivity index (χ2n) is 5.88. The second kappa shape index (κ2) is 9.57. The molecule has 0 radical (unpaired) electrons. The number of pyridine rings is 1. The lowest BCUT2D eigenvalue weighted by molar-refractivity contribution is -0.118. The van der Waals surface area contributed by atoms with Gasteiger partial charge in [-0.05, 0) is 44.4 Å². The van der Waals surface area contributed by atoms with Gasteiger partial charge in [-0.25, -0.2) is 0 Å². The number of nitrogens with one attached hydrogen (secondary N) is 2. The van der Waals surface area contributed by atoms with E-state index in [0.29, 0.717) is 12.1 Å². The van der Waals surface area contributed by atoms with Crippen molar-refractivity contribution in [2.24, 2.45) is 0 Å². The van der Waals surface area contributed by atoms with E-state index in [-0.39, 0.29) is 11.8 Å². The molecule has 1 heterocycles. The highest BCUT2D eigenvalue weighted by atomic mass is 16.2. The van der Waals surface area contributed by atoms with Crippen molar-refractivity contribution in [1.82, 2.24) is 15.6 Å². The quantitative estimate of drug-likeness (QED) is 0.901. The van der Waals surface area contributed by atoms with Gasteiger partial charge in [-0.15, -0.1) is 0 Å². The molecule has 0 fully saturated rings. The van der Waals surface area contributed by atoms with Crippen LogP contribution in [0.5, 0.6) is 0 Å². The lowest BCUT2D eigenvalue weighted by Crippen LogP contribution is -2.25. The molecule has 1 aromatic carbocycles. The fourth-order valence-electron chi connectivity index (χ4n) is 2.32. The Labute approximate surface area is 149 Å². The summed E-state index contributed by atoms with van der Waals surface area (Å²) in [5, 5.41) is 5.35. The summed E-state index contributed by atoms with van der Waals surface area (Å²) in [6.45, 7) is 9.85. The maximum absolute atomic E-state index is 12.4. The van der Waals surface area contributed by atoms with Gasteiger partial charge in [0, 0.05) is 26.2 Å². The number of benzene rings is 1. The predicted octanol–water partition coefficient (Wildman–Crippen LogP) is 3.00. The zero-order valence-electron chi connectivity index (χ0n) is 15.9. The average molecular weight is 341 g/mol. The van der Waals surface area contributed by atoms with Crippen molar-refractivity contribution in [1.29, 1.82) is 0 Å². The third kappa shape index (κ3) is 6.03. The predicted molar refractivity (Wildman–Crippen MR) is 101 cm³/mol. The fourth-order valence-corrected chi connectivity index (χ4v) is 2.32. The van der Waals surface area contributed by atoms with Gasteiger partial charge in [0.1, 0.15) is 0 Å². The average Bonchev–Trinajstić information content (AvgIpc) is 2.59. The van der Waals surface area contributed by atoms with E-state index in [0.717, 1.165) is 28.1 Å². The van der Waals surface area contributed by atoms with Gasteiger partial charge < -0.3 is 10.6 Å². The number of carbonyl (C=O) groups excluding carboxylic acids is 2. The lowest BCUT2D eigenvalue weighted by Gasteiger charge is -2.14. The number of hydrogen-bond donors (Lipinski definition) is 2. The Morgan fingerprint density at radius 1 is 0.960 bits per heavy atom. The first-order valence-corrected chi connectivity index (χ1v) is 8.22. The monoisotopic (exact) mass is 341 g/mol. The number of aryl methyl sites for hydroxylation is 2. The van der Waals surface area contributed by atoms with Crippen molar-refractivity contribution in [3.8, 4) is 0 Å². The number of hydrogen-bond acceptors (Lipinski definition) is 3. The zero-order chi connectivity index (χ0) is 19.0. The van der Waals surface area contributed by atoms with Crippen LogP contribution in [0.2, 0.25) is 0 Å². The van der Waals surface area contributed by atoms with E-state index in [2.05, 4.69) is 15.6 Å². The smallest absolute Gasteiger partial charge is 0.253 e. The van der Waals surface area contributed by atoms with Crippen LogP contribution in [0, 0.1) is 27.7 Å². The van der Waals surface area contributed by atoms with Crippen LogP contribution in [0.25, 0.3) is 0 Å². The molecule has 0 aliphatic carbocycles. The molecule has 1 aromatic heterocycles. The summed E-state index contributed by atoms with van der Waals surface area (Å²) >= 11 is 0. The van der Waals surface area contributed by atoms with E-state index < -0.39 is 0 Å². The van der Waals surface area contributed by atoms with E-state index in [1.807, 2.05) is 58.0 Å². The van der Waals surface area contributed by atoms with Crippen molar-refractivity contribution in [3.05, 3.63) is 64.0 Å². The molecule has 0 bridgehead atoms. The van der Waals surface area contributed by atoms with Gasteiger partial charge in [0.15, 0.2) is 0 Å². The minimum atomic E-state index is -0.0561. The molecule has 0 atom stereocenters. The van der Waals surface area contributed by atoms with Crippen molar-refractivity contribution in [3.63, 3.8) is 0 Å². The van der Waals surface area contributed by atoms with Gasteiger partial charge in [0.25, 0.3) is 5.91 Å². The maximum atomic E-state index is 12.4. The highest BCUT2D eigenvalue weighted by Crippen LogP contribution is 2.18. The van der Waals surface area contributed by atoms with Crippen LogP contribution >= 0.6 is 0 Å². The number of amides is 2. The fraction of sp³-hybridized carbons (Fsp3) is 0.350. The van der Waals surface area contributed by atoms with Crippen molar-refractivity contribution in [2.75, 3.05) is 7.05 Å². The van der Waals surface area contributed by atoms with Crippen molar-refractivity contribution in [2.45, 2.75) is 41.2 Å². The molecule has 2 aromatic rings. The maximum Gasteiger partial charge on any atom is 0.253 e.